The van der Waals surface area contributed by atoms with Crippen molar-refractivity contribution in [3.63, 3.8) is 0 Å². The Morgan fingerprint density at radius 2 is 1.81 bits per heavy atom. The van der Waals surface area contributed by atoms with Crippen LogP contribution in [0.3, 0.4) is 0 Å². The first-order valence-electron chi connectivity index (χ1n) is 7.01. The normalized spacial score (nSPS) is 19.2. The van der Waals surface area contributed by atoms with Crippen molar-refractivity contribution in [3.8, 4) is 0 Å². The largest absolute Gasteiger partial charge is 0.456 e. The number of hydrogen-bond acceptors (Lipinski definition) is 5. The van der Waals surface area contributed by atoms with E-state index in [0.29, 0.717) is 19.6 Å². The van der Waals surface area contributed by atoms with E-state index in [-0.39, 0.29) is 24.6 Å². The van der Waals surface area contributed by atoms with Crippen molar-refractivity contribution in [1.82, 2.24) is 9.80 Å². The first-order valence-corrected chi connectivity index (χ1v) is 7.01. The number of nitrogens with zero attached hydrogens (tertiary/aromatic N) is 2. The molecule has 1 heterocycles. The molecule has 0 spiro atoms. The van der Waals surface area contributed by atoms with Gasteiger partial charge in [-0.05, 0) is 27.7 Å². The molecule has 0 bridgehead atoms. The van der Waals surface area contributed by atoms with Crippen LogP contribution in [0.25, 0.3) is 0 Å². The Balaban J connectivity index is 2.52. The highest BCUT2D eigenvalue weighted by molar-refractivity contribution is 5.80. The molecule has 1 rings (SSSR count). The molecular formula is C14H24N2O5. The highest BCUT2D eigenvalue weighted by atomic mass is 16.6. The van der Waals surface area contributed by atoms with E-state index in [1.54, 1.807) is 9.80 Å². The number of ether oxygens (including phenoxy) is 2. The van der Waals surface area contributed by atoms with Gasteiger partial charge in [0.2, 0.25) is 0 Å². The topological polar surface area (TPSA) is 76.2 Å². The average Bonchev–Trinajstić information content (AvgIpc) is 2.33. The first kappa shape index (κ1) is 17.3. The third-order valence-electron chi connectivity index (χ3n) is 3.00. The van der Waals surface area contributed by atoms with E-state index in [4.69, 9.17) is 9.47 Å². The zero-order valence-corrected chi connectivity index (χ0v) is 13.3. The summed E-state index contributed by atoms with van der Waals surface area (Å²) in [6, 6.07) is -0.144. The van der Waals surface area contributed by atoms with Gasteiger partial charge in [-0.2, -0.15) is 0 Å². The number of amides is 2. The molecule has 0 aromatic rings. The van der Waals surface area contributed by atoms with E-state index in [2.05, 4.69) is 0 Å². The summed E-state index contributed by atoms with van der Waals surface area (Å²) in [6.07, 6.45) is -0.374. The number of carbonyl (C=O) groups excluding carboxylic acids is 3. The molecule has 0 N–H and O–H groups in total. The molecule has 0 aromatic carbocycles. The third kappa shape index (κ3) is 5.61. The summed E-state index contributed by atoms with van der Waals surface area (Å²) in [5.74, 6) is -0.732. The Kier molecular flexibility index (Phi) is 5.57. The van der Waals surface area contributed by atoms with Gasteiger partial charge in [0.15, 0.2) is 6.61 Å². The van der Waals surface area contributed by atoms with Crippen LogP contribution >= 0.6 is 0 Å². The van der Waals surface area contributed by atoms with Crippen LogP contribution in [0.15, 0.2) is 0 Å². The van der Waals surface area contributed by atoms with Gasteiger partial charge in [0, 0.05) is 32.6 Å². The molecule has 0 radical (unpaired) electrons. The lowest BCUT2D eigenvalue weighted by molar-refractivity contribution is -0.152. The predicted molar refractivity (Wildman–Crippen MR) is 75.6 cm³/mol. The highest BCUT2D eigenvalue weighted by Crippen LogP contribution is 2.15. The van der Waals surface area contributed by atoms with Crippen LogP contribution in [0.1, 0.15) is 34.6 Å². The number of piperazine rings is 1. The molecule has 120 valence electrons. The molecule has 21 heavy (non-hydrogen) atoms. The quantitative estimate of drug-likeness (QED) is 0.712. The van der Waals surface area contributed by atoms with Crippen LogP contribution in [0.5, 0.6) is 0 Å². The van der Waals surface area contributed by atoms with Gasteiger partial charge in [-0.3, -0.25) is 9.59 Å². The first-order chi connectivity index (χ1) is 9.60. The van der Waals surface area contributed by atoms with Crippen molar-refractivity contribution in [1.29, 1.82) is 0 Å². The predicted octanol–water partition coefficient (Wildman–Crippen LogP) is 1.02. The lowest BCUT2D eigenvalue weighted by Crippen LogP contribution is -2.56. The van der Waals surface area contributed by atoms with E-state index in [1.807, 2.05) is 27.7 Å². The van der Waals surface area contributed by atoms with Gasteiger partial charge in [-0.25, -0.2) is 4.79 Å². The molecule has 7 nitrogen and oxygen atoms in total. The van der Waals surface area contributed by atoms with Crippen LogP contribution in [-0.4, -0.2) is 65.7 Å². The fourth-order valence-corrected chi connectivity index (χ4v) is 2.07. The second-order valence-corrected chi connectivity index (χ2v) is 6.14. The maximum Gasteiger partial charge on any atom is 0.410 e. The number of carbonyl (C=O) groups is 3. The van der Waals surface area contributed by atoms with E-state index in [9.17, 15) is 14.4 Å². The summed E-state index contributed by atoms with van der Waals surface area (Å²) >= 11 is 0. The molecule has 1 fully saturated rings. The van der Waals surface area contributed by atoms with Crippen molar-refractivity contribution >= 4 is 18.0 Å². The van der Waals surface area contributed by atoms with Crippen LogP contribution in [0.4, 0.5) is 4.79 Å². The summed E-state index contributed by atoms with van der Waals surface area (Å²) in [7, 11) is 0. The van der Waals surface area contributed by atoms with Crippen LogP contribution in [0.2, 0.25) is 0 Å². The lowest BCUT2D eigenvalue weighted by Gasteiger charge is -2.40. The van der Waals surface area contributed by atoms with Gasteiger partial charge in [0.1, 0.15) is 5.60 Å². The Morgan fingerprint density at radius 3 is 2.29 bits per heavy atom. The lowest BCUT2D eigenvalue weighted by atomic mass is 10.2. The molecule has 1 aliphatic rings. The Bertz CT molecular complexity index is 416. The van der Waals surface area contributed by atoms with Crippen LogP contribution in [-0.2, 0) is 19.1 Å². The van der Waals surface area contributed by atoms with E-state index in [0.717, 1.165) is 0 Å². The van der Waals surface area contributed by atoms with Gasteiger partial charge in [-0.1, -0.05) is 0 Å². The Hall–Kier alpha value is -1.79. The third-order valence-corrected chi connectivity index (χ3v) is 3.00. The molecule has 0 saturated carbocycles. The second kappa shape index (κ2) is 6.78. The van der Waals surface area contributed by atoms with Gasteiger partial charge in [-0.15, -0.1) is 0 Å². The molecule has 0 unspecified atom stereocenters. The Labute approximate surface area is 125 Å². The van der Waals surface area contributed by atoms with Gasteiger partial charge in [0.25, 0.3) is 5.91 Å². The maximum absolute atomic E-state index is 12.0. The molecular weight excluding hydrogens is 276 g/mol. The SMILES string of the molecule is CC(=O)OCC(=O)N1CCN(C(=O)OC(C)(C)C)C[C@H]1C. The van der Waals surface area contributed by atoms with Gasteiger partial charge < -0.3 is 19.3 Å². The minimum atomic E-state index is -0.539. The van der Waals surface area contributed by atoms with E-state index < -0.39 is 11.6 Å². The molecule has 7 heteroatoms. The fourth-order valence-electron chi connectivity index (χ4n) is 2.07. The number of esters is 1. The van der Waals surface area contributed by atoms with E-state index in [1.165, 1.54) is 6.92 Å². The monoisotopic (exact) mass is 300 g/mol. The van der Waals surface area contributed by atoms with E-state index >= 15 is 0 Å². The zero-order valence-electron chi connectivity index (χ0n) is 13.3. The minimum Gasteiger partial charge on any atom is -0.456 e. The van der Waals surface area contributed by atoms with Crippen molar-refractivity contribution < 1.29 is 23.9 Å². The van der Waals surface area contributed by atoms with Gasteiger partial charge in [0.05, 0.1) is 0 Å². The summed E-state index contributed by atoms with van der Waals surface area (Å²) < 4.78 is 10.0. The molecule has 1 aliphatic heterocycles. The van der Waals surface area contributed by atoms with Crippen molar-refractivity contribution in [2.45, 2.75) is 46.3 Å². The molecule has 2 amide bonds. The standard InChI is InChI=1S/C14H24N2O5/c1-10-8-15(13(19)21-14(3,4)5)6-7-16(10)12(18)9-20-11(2)17/h10H,6-9H2,1-5H3/t10-/m1/s1. The zero-order chi connectivity index (χ0) is 16.2. The number of rotatable bonds is 2. The fraction of sp³-hybridized carbons (Fsp3) is 0.786. The summed E-state index contributed by atoms with van der Waals surface area (Å²) in [5.41, 5.74) is -0.539. The van der Waals surface area contributed by atoms with Crippen molar-refractivity contribution in [3.05, 3.63) is 0 Å². The molecule has 0 aliphatic carbocycles. The second-order valence-electron chi connectivity index (χ2n) is 6.14. The maximum atomic E-state index is 12.0. The van der Waals surface area contributed by atoms with Gasteiger partial charge >= 0.3 is 12.1 Å². The molecule has 1 saturated heterocycles. The summed E-state index contributed by atoms with van der Waals surface area (Å²) in [6.45, 7) is 9.51. The Morgan fingerprint density at radius 1 is 1.19 bits per heavy atom. The van der Waals surface area contributed by atoms with Crippen LogP contribution < -0.4 is 0 Å². The number of hydrogen-bond donors (Lipinski definition) is 0. The minimum absolute atomic E-state index is 0.144. The molecule has 1 atom stereocenters. The molecule has 0 aromatic heterocycles. The summed E-state index contributed by atoms with van der Waals surface area (Å²) in [5, 5.41) is 0. The smallest absolute Gasteiger partial charge is 0.410 e. The average molecular weight is 300 g/mol. The summed E-state index contributed by atoms with van der Waals surface area (Å²) in [4.78, 5) is 37.8. The highest BCUT2D eigenvalue weighted by Gasteiger charge is 2.32. The van der Waals surface area contributed by atoms with Crippen molar-refractivity contribution in [2.24, 2.45) is 0 Å². The van der Waals surface area contributed by atoms with Crippen LogP contribution in [0, 0.1) is 0 Å². The van der Waals surface area contributed by atoms with Crippen molar-refractivity contribution in [2.75, 3.05) is 26.2 Å².